The maximum absolute atomic E-state index is 10.8. The lowest BCUT2D eigenvalue weighted by Gasteiger charge is -2.24. The first kappa shape index (κ1) is 6.13. The Labute approximate surface area is 54.3 Å². The first-order chi connectivity index (χ1) is 4.20. The highest BCUT2D eigenvalue weighted by atomic mass is 16.2. The molecule has 3 heteroatoms. The van der Waals surface area contributed by atoms with Gasteiger partial charge < -0.3 is 10.2 Å². The molecule has 0 atom stereocenters. The van der Waals surface area contributed by atoms with Crippen molar-refractivity contribution in [1.82, 2.24) is 10.2 Å². The van der Waals surface area contributed by atoms with Gasteiger partial charge in [0.15, 0.2) is 0 Å². The summed E-state index contributed by atoms with van der Waals surface area (Å²) in [6.07, 6.45) is 0.863. The van der Waals surface area contributed by atoms with Crippen LogP contribution in [0.2, 0.25) is 0 Å². The molecular formula is C6H10N2O. The summed E-state index contributed by atoms with van der Waals surface area (Å²) in [5.74, 6) is 0. The summed E-state index contributed by atoms with van der Waals surface area (Å²) < 4.78 is 0. The van der Waals surface area contributed by atoms with Crippen molar-refractivity contribution in [3.8, 4) is 0 Å². The van der Waals surface area contributed by atoms with Crippen molar-refractivity contribution in [3.63, 3.8) is 0 Å². The molecule has 3 nitrogen and oxygen atoms in total. The summed E-state index contributed by atoms with van der Waals surface area (Å²) in [6.45, 7) is 4.42. The number of hydrogen-bond donors (Lipinski definition) is 1. The van der Waals surface area contributed by atoms with Gasteiger partial charge in [0.2, 0.25) is 0 Å². The molecule has 0 radical (unpaired) electrons. The van der Waals surface area contributed by atoms with Crippen LogP contribution in [0.4, 0.5) is 4.79 Å². The number of urea groups is 1. The zero-order chi connectivity index (χ0) is 6.85. The first-order valence-electron chi connectivity index (χ1n) is 2.90. The van der Waals surface area contributed by atoms with Crippen LogP contribution in [0.25, 0.3) is 0 Å². The van der Waals surface area contributed by atoms with Gasteiger partial charge >= 0.3 is 6.03 Å². The van der Waals surface area contributed by atoms with Gasteiger partial charge in [-0.3, -0.25) is 0 Å². The zero-order valence-corrected chi connectivity index (χ0v) is 5.48. The monoisotopic (exact) mass is 126 g/mol. The predicted octanol–water partition coefficient (Wildman–Crippen LogP) is 0.545. The fourth-order valence-corrected chi connectivity index (χ4v) is 0.713. The van der Waals surface area contributed by atoms with E-state index < -0.39 is 0 Å². The second-order valence-electron chi connectivity index (χ2n) is 2.21. The van der Waals surface area contributed by atoms with Crippen molar-refractivity contribution < 1.29 is 4.79 Å². The van der Waals surface area contributed by atoms with Gasteiger partial charge in [0.05, 0.1) is 0 Å². The first-order valence-corrected chi connectivity index (χ1v) is 2.90. The van der Waals surface area contributed by atoms with Crippen LogP contribution in [0.5, 0.6) is 0 Å². The van der Waals surface area contributed by atoms with E-state index in [4.69, 9.17) is 0 Å². The zero-order valence-electron chi connectivity index (χ0n) is 5.48. The third-order valence-electron chi connectivity index (χ3n) is 1.38. The standard InChI is InChI=1S/C6H10N2O/c1-5-3-4-8(2)6(9)7-5/h1,3-4H2,2H3,(H,7,9). The molecule has 0 aliphatic carbocycles. The summed E-state index contributed by atoms with van der Waals surface area (Å²) in [4.78, 5) is 12.4. The smallest absolute Gasteiger partial charge is 0.321 e. The Balaban J connectivity index is 2.54. The van der Waals surface area contributed by atoms with Crippen molar-refractivity contribution in [1.29, 1.82) is 0 Å². The quantitative estimate of drug-likeness (QED) is 0.505. The number of nitrogens with zero attached hydrogens (tertiary/aromatic N) is 1. The van der Waals surface area contributed by atoms with Gasteiger partial charge in [-0.1, -0.05) is 6.58 Å². The van der Waals surface area contributed by atoms with Gasteiger partial charge in [-0.15, -0.1) is 0 Å². The van der Waals surface area contributed by atoms with Crippen LogP contribution in [0.15, 0.2) is 12.3 Å². The number of nitrogens with one attached hydrogen (secondary N) is 1. The summed E-state index contributed by atoms with van der Waals surface area (Å²) >= 11 is 0. The van der Waals surface area contributed by atoms with Gasteiger partial charge in [-0.05, 0) is 0 Å². The summed E-state index contributed by atoms with van der Waals surface area (Å²) in [5.41, 5.74) is 0.818. The fourth-order valence-electron chi connectivity index (χ4n) is 0.713. The SMILES string of the molecule is C=C1CCN(C)C(=O)N1. The molecule has 1 saturated heterocycles. The van der Waals surface area contributed by atoms with E-state index in [1.165, 1.54) is 0 Å². The Morgan fingerprint density at radius 1 is 1.78 bits per heavy atom. The lowest BCUT2D eigenvalue weighted by atomic mass is 10.3. The van der Waals surface area contributed by atoms with Gasteiger partial charge in [0, 0.05) is 25.7 Å². The molecule has 0 aromatic rings. The second-order valence-corrected chi connectivity index (χ2v) is 2.21. The molecule has 0 saturated carbocycles. The van der Waals surface area contributed by atoms with Gasteiger partial charge in [0.1, 0.15) is 0 Å². The number of carbonyl (C=O) groups excluding carboxylic acids is 1. The number of amides is 2. The molecule has 0 unspecified atom stereocenters. The third-order valence-corrected chi connectivity index (χ3v) is 1.38. The number of rotatable bonds is 0. The lowest BCUT2D eigenvalue weighted by Crippen LogP contribution is -2.42. The molecule has 0 aromatic carbocycles. The van der Waals surface area contributed by atoms with E-state index in [1.807, 2.05) is 0 Å². The Morgan fingerprint density at radius 2 is 2.44 bits per heavy atom. The third kappa shape index (κ3) is 1.22. The molecule has 9 heavy (non-hydrogen) atoms. The molecule has 1 fully saturated rings. The van der Waals surface area contributed by atoms with E-state index >= 15 is 0 Å². The topological polar surface area (TPSA) is 32.3 Å². The Kier molecular flexibility index (Phi) is 1.42. The van der Waals surface area contributed by atoms with E-state index in [-0.39, 0.29) is 6.03 Å². The predicted molar refractivity (Wildman–Crippen MR) is 34.9 cm³/mol. The number of carbonyl (C=O) groups is 1. The van der Waals surface area contributed by atoms with E-state index in [0.717, 1.165) is 18.7 Å². The highest BCUT2D eigenvalue weighted by Crippen LogP contribution is 2.02. The highest BCUT2D eigenvalue weighted by Gasteiger charge is 2.14. The van der Waals surface area contributed by atoms with Crippen molar-refractivity contribution in [2.75, 3.05) is 13.6 Å². The van der Waals surface area contributed by atoms with Crippen molar-refractivity contribution in [2.45, 2.75) is 6.42 Å². The average Bonchev–Trinajstić information content (AvgIpc) is 1.80. The van der Waals surface area contributed by atoms with Crippen LogP contribution in [0.3, 0.4) is 0 Å². The van der Waals surface area contributed by atoms with Crippen molar-refractivity contribution in [3.05, 3.63) is 12.3 Å². The minimum atomic E-state index is -0.0498. The van der Waals surface area contributed by atoms with E-state index in [9.17, 15) is 4.79 Å². The molecule has 1 aliphatic heterocycles. The van der Waals surface area contributed by atoms with E-state index in [1.54, 1.807) is 11.9 Å². The molecule has 1 N–H and O–H groups in total. The van der Waals surface area contributed by atoms with Crippen LogP contribution in [0, 0.1) is 0 Å². The van der Waals surface area contributed by atoms with Crippen molar-refractivity contribution in [2.24, 2.45) is 0 Å². The summed E-state index contributed by atoms with van der Waals surface area (Å²) in [7, 11) is 1.77. The average molecular weight is 126 g/mol. The largest absolute Gasteiger partial charge is 0.327 e. The Bertz CT molecular complexity index is 153. The lowest BCUT2D eigenvalue weighted by molar-refractivity contribution is 0.205. The molecule has 0 aromatic heterocycles. The van der Waals surface area contributed by atoms with Crippen LogP contribution >= 0.6 is 0 Å². The van der Waals surface area contributed by atoms with Gasteiger partial charge in [0.25, 0.3) is 0 Å². The van der Waals surface area contributed by atoms with Gasteiger partial charge in [-0.2, -0.15) is 0 Å². The van der Waals surface area contributed by atoms with E-state index in [2.05, 4.69) is 11.9 Å². The minimum absolute atomic E-state index is 0.0498. The maximum atomic E-state index is 10.8. The fraction of sp³-hybridized carbons (Fsp3) is 0.500. The molecule has 2 amide bonds. The molecule has 50 valence electrons. The van der Waals surface area contributed by atoms with Crippen molar-refractivity contribution >= 4 is 6.03 Å². The second kappa shape index (κ2) is 2.09. The molecule has 1 rings (SSSR count). The molecule has 0 spiro atoms. The van der Waals surface area contributed by atoms with Crippen LogP contribution < -0.4 is 5.32 Å². The van der Waals surface area contributed by atoms with Gasteiger partial charge in [-0.25, -0.2) is 4.79 Å². The normalized spacial score (nSPS) is 19.9. The molecular weight excluding hydrogens is 116 g/mol. The Hall–Kier alpha value is -0.990. The molecule has 0 bridgehead atoms. The highest BCUT2D eigenvalue weighted by molar-refractivity contribution is 5.76. The van der Waals surface area contributed by atoms with Crippen LogP contribution in [-0.2, 0) is 0 Å². The molecule has 1 heterocycles. The number of hydrogen-bond acceptors (Lipinski definition) is 1. The van der Waals surface area contributed by atoms with Crippen LogP contribution in [0.1, 0.15) is 6.42 Å². The van der Waals surface area contributed by atoms with E-state index in [0.29, 0.717) is 0 Å². The minimum Gasteiger partial charge on any atom is -0.327 e. The maximum Gasteiger partial charge on any atom is 0.321 e. The summed E-state index contributed by atoms with van der Waals surface area (Å²) in [5, 5.41) is 2.62. The summed E-state index contributed by atoms with van der Waals surface area (Å²) in [6, 6.07) is -0.0498. The molecule has 1 aliphatic rings. The van der Waals surface area contributed by atoms with Crippen LogP contribution in [-0.4, -0.2) is 24.5 Å². The Morgan fingerprint density at radius 3 is 2.89 bits per heavy atom.